The van der Waals surface area contributed by atoms with Gasteiger partial charge in [-0.1, -0.05) is 39.0 Å². The van der Waals surface area contributed by atoms with Gasteiger partial charge in [-0.2, -0.15) is 0 Å². The molecular formula is C21H38N3O4+. The van der Waals surface area contributed by atoms with Crippen molar-refractivity contribution in [1.82, 2.24) is 10.8 Å². The minimum absolute atomic E-state index is 0.00687. The van der Waals surface area contributed by atoms with Crippen LogP contribution in [0.15, 0.2) is 0 Å². The van der Waals surface area contributed by atoms with E-state index in [1.165, 1.54) is 6.42 Å². The second-order valence-electron chi connectivity index (χ2n) is 9.06. The molecule has 2 rings (SSSR count). The summed E-state index contributed by atoms with van der Waals surface area (Å²) in [5.41, 5.74) is 0.914. The standard InChI is InChI=1S/C21H37N3O4/c1-4-5-6-7-8-11-21(14-18(25)23-28)12-13-24(16(2)3,20(21)27)15-19(26)22-17-9-10-17/h16-17H,4-15H2,1-3H3,(H2-,22,23,25,26,28)/p+1/t21-,24-/m0/s1. The molecule has 1 heterocycles. The zero-order valence-corrected chi connectivity index (χ0v) is 17.8. The summed E-state index contributed by atoms with van der Waals surface area (Å²) in [5, 5.41) is 12.0. The molecule has 28 heavy (non-hydrogen) atoms. The number of hydroxylamine groups is 1. The molecule has 2 atom stereocenters. The van der Waals surface area contributed by atoms with Crippen molar-refractivity contribution in [2.45, 2.75) is 97.1 Å². The van der Waals surface area contributed by atoms with Crippen LogP contribution in [0.2, 0.25) is 0 Å². The van der Waals surface area contributed by atoms with Crippen LogP contribution in [0.5, 0.6) is 0 Å². The van der Waals surface area contributed by atoms with E-state index in [9.17, 15) is 14.4 Å². The first kappa shape index (κ1) is 22.8. The third-order valence-corrected chi connectivity index (χ3v) is 6.59. The minimum Gasteiger partial charge on any atom is -0.348 e. The van der Waals surface area contributed by atoms with Crippen LogP contribution in [0.25, 0.3) is 0 Å². The molecule has 1 saturated heterocycles. The van der Waals surface area contributed by atoms with E-state index in [1.54, 1.807) is 5.48 Å². The Morgan fingerprint density at radius 3 is 2.43 bits per heavy atom. The number of nitrogens with one attached hydrogen (secondary N) is 2. The number of quaternary nitrogens is 1. The number of hydrogen-bond donors (Lipinski definition) is 3. The largest absolute Gasteiger partial charge is 0.348 e. The zero-order valence-electron chi connectivity index (χ0n) is 17.8. The molecule has 2 fully saturated rings. The van der Waals surface area contributed by atoms with Crippen LogP contribution in [0.1, 0.15) is 85.0 Å². The molecular weight excluding hydrogens is 358 g/mol. The summed E-state index contributed by atoms with van der Waals surface area (Å²) in [4.78, 5) is 38.3. The zero-order chi connectivity index (χ0) is 20.8. The summed E-state index contributed by atoms with van der Waals surface area (Å²) in [5.74, 6) is -0.601. The van der Waals surface area contributed by atoms with Gasteiger partial charge in [-0.3, -0.25) is 19.3 Å². The van der Waals surface area contributed by atoms with Gasteiger partial charge in [0.25, 0.3) is 5.91 Å². The van der Waals surface area contributed by atoms with Crippen molar-refractivity contribution < 1.29 is 24.1 Å². The van der Waals surface area contributed by atoms with Crippen molar-refractivity contribution >= 4 is 17.7 Å². The van der Waals surface area contributed by atoms with Gasteiger partial charge < -0.3 is 5.32 Å². The lowest BCUT2D eigenvalue weighted by atomic mass is 9.77. The number of carbonyl (C=O) groups excluding carboxylic acids is 3. The Balaban J connectivity index is 2.15. The first-order valence-corrected chi connectivity index (χ1v) is 10.9. The highest BCUT2D eigenvalue weighted by molar-refractivity contribution is 5.88. The summed E-state index contributed by atoms with van der Waals surface area (Å²) < 4.78 is 0.103. The minimum atomic E-state index is -0.789. The van der Waals surface area contributed by atoms with E-state index in [2.05, 4.69) is 12.2 Å². The molecule has 3 amide bonds. The molecule has 1 aliphatic heterocycles. The maximum absolute atomic E-state index is 13.7. The van der Waals surface area contributed by atoms with E-state index in [1.807, 2.05) is 13.8 Å². The molecule has 1 saturated carbocycles. The van der Waals surface area contributed by atoms with Crippen LogP contribution < -0.4 is 10.8 Å². The van der Waals surface area contributed by atoms with Crippen LogP contribution in [-0.2, 0) is 14.4 Å². The van der Waals surface area contributed by atoms with Gasteiger partial charge in [-0.05, 0) is 33.1 Å². The Bertz CT molecular complexity index is 576. The fourth-order valence-electron chi connectivity index (χ4n) is 4.58. The second-order valence-corrected chi connectivity index (χ2v) is 9.06. The molecule has 7 heteroatoms. The van der Waals surface area contributed by atoms with E-state index < -0.39 is 11.3 Å². The highest BCUT2D eigenvalue weighted by Crippen LogP contribution is 2.45. The highest BCUT2D eigenvalue weighted by Gasteiger charge is 2.60. The molecule has 0 radical (unpaired) electrons. The molecule has 0 aromatic heterocycles. The van der Waals surface area contributed by atoms with Crippen LogP contribution in [0, 0.1) is 5.41 Å². The fraction of sp³-hybridized carbons (Fsp3) is 0.857. The average molecular weight is 397 g/mol. The number of nitrogens with zero attached hydrogens (tertiary/aromatic N) is 1. The Hall–Kier alpha value is -1.47. The lowest BCUT2D eigenvalue weighted by molar-refractivity contribution is -0.861. The predicted octanol–water partition coefficient (Wildman–Crippen LogP) is 2.66. The molecule has 160 valence electrons. The van der Waals surface area contributed by atoms with E-state index >= 15 is 0 Å². The Kier molecular flexibility index (Phi) is 8.01. The quantitative estimate of drug-likeness (QED) is 0.205. The normalized spacial score (nSPS) is 27.2. The molecule has 7 nitrogen and oxygen atoms in total. The molecule has 0 aromatic rings. The van der Waals surface area contributed by atoms with E-state index in [0.717, 1.165) is 38.5 Å². The van der Waals surface area contributed by atoms with Gasteiger partial charge in [0.05, 0.1) is 18.0 Å². The van der Waals surface area contributed by atoms with Gasteiger partial charge in [-0.25, -0.2) is 10.3 Å². The summed E-state index contributed by atoms with van der Waals surface area (Å²) >= 11 is 0. The average Bonchev–Trinajstić information content (AvgIpc) is 3.42. The van der Waals surface area contributed by atoms with Gasteiger partial charge >= 0.3 is 5.91 Å². The van der Waals surface area contributed by atoms with Crippen molar-refractivity contribution in [3.05, 3.63) is 0 Å². The number of likely N-dealkylation sites (tertiary alicyclic amines) is 1. The van der Waals surface area contributed by atoms with Crippen LogP contribution in [0.3, 0.4) is 0 Å². The van der Waals surface area contributed by atoms with Gasteiger partial charge in [-0.15, -0.1) is 0 Å². The smallest absolute Gasteiger partial charge is 0.321 e. The molecule has 0 bridgehead atoms. The van der Waals surface area contributed by atoms with Crippen LogP contribution in [0.4, 0.5) is 0 Å². The van der Waals surface area contributed by atoms with E-state index in [4.69, 9.17) is 5.21 Å². The SMILES string of the molecule is CCCCCCC[C@@]1(CC(=O)NO)CC[N@+](CC(=O)NC2CC2)(C(C)C)C1=O. The number of rotatable bonds is 12. The number of carbonyl (C=O) groups is 3. The third kappa shape index (κ3) is 5.32. The molecule has 0 aromatic carbocycles. The second kappa shape index (κ2) is 9.83. The van der Waals surface area contributed by atoms with Crippen LogP contribution >= 0.6 is 0 Å². The summed E-state index contributed by atoms with van der Waals surface area (Å²) in [7, 11) is 0. The molecule has 2 aliphatic rings. The molecule has 0 spiro atoms. The Morgan fingerprint density at radius 2 is 1.86 bits per heavy atom. The number of amides is 3. The number of hydrogen-bond acceptors (Lipinski definition) is 4. The molecule has 1 aliphatic carbocycles. The van der Waals surface area contributed by atoms with E-state index in [-0.39, 0.29) is 41.3 Å². The third-order valence-electron chi connectivity index (χ3n) is 6.59. The van der Waals surface area contributed by atoms with Crippen molar-refractivity contribution in [3.63, 3.8) is 0 Å². The maximum atomic E-state index is 13.7. The van der Waals surface area contributed by atoms with Crippen LogP contribution in [-0.4, -0.2) is 52.6 Å². The lowest BCUT2D eigenvalue weighted by Gasteiger charge is -2.37. The summed E-state index contributed by atoms with van der Waals surface area (Å²) in [6, 6.07) is 0.234. The molecule has 3 N–H and O–H groups in total. The monoisotopic (exact) mass is 396 g/mol. The Labute approximate surface area is 168 Å². The molecule has 0 unspecified atom stereocenters. The van der Waals surface area contributed by atoms with E-state index in [0.29, 0.717) is 19.4 Å². The van der Waals surface area contributed by atoms with Crippen molar-refractivity contribution in [2.75, 3.05) is 13.1 Å². The van der Waals surface area contributed by atoms with Crippen molar-refractivity contribution in [2.24, 2.45) is 5.41 Å². The van der Waals surface area contributed by atoms with Crippen molar-refractivity contribution in [3.8, 4) is 0 Å². The summed E-state index contributed by atoms with van der Waals surface area (Å²) in [6.45, 7) is 6.83. The first-order chi connectivity index (χ1) is 13.3. The Morgan fingerprint density at radius 1 is 1.18 bits per heavy atom. The highest BCUT2D eigenvalue weighted by atomic mass is 16.5. The van der Waals surface area contributed by atoms with Gasteiger partial charge in [0, 0.05) is 18.9 Å². The fourth-order valence-corrected chi connectivity index (χ4v) is 4.58. The number of unbranched alkanes of at least 4 members (excludes halogenated alkanes) is 4. The lowest BCUT2D eigenvalue weighted by Crippen LogP contribution is -2.60. The maximum Gasteiger partial charge on any atom is 0.321 e. The first-order valence-electron chi connectivity index (χ1n) is 10.9. The predicted molar refractivity (Wildman–Crippen MR) is 106 cm³/mol. The summed E-state index contributed by atoms with van der Waals surface area (Å²) in [6.07, 6.45) is 8.62. The van der Waals surface area contributed by atoms with Gasteiger partial charge in [0.15, 0.2) is 6.54 Å². The van der Waals surface area contributed by atoms with Gasteiger partial charge in [0.2, 0.25) is 5.91 Å². The topological polar surface area (TPSA) is 95.5 Å². The van der Waals surface area contributed by atoms with Gasteiger partial charge in [0.1, 0.15) is 0 Å². The van der Waals surface area contributed by atoms with Crippen molar-refractivity contribution in [1.29, 1.82) is 0 Å².